The molecule has 0 unspecified atom stereocenters. The van der Waals surface area contributed by atoms with Gasteiger partial charge in [-0.1, -0.05) is 17.7 Å². The van der Waals surface area contributed by atoms with Crippen LogP contribution in [-0.2, 0) is 0 Å². The number of hydrogen-bond donors (Lipinski definition) is 0. The molecule has 2 heterocycles. The summed E-state index contributed by atoms with van der Waals surface area (Å²) >= 11 is 1.76. The van der Waals surface area contributed by atoms with Gasteiger partial charge < -0.3 is 4.42 Å². The predicted octanol–water partition coefficient (Wildman–Crippen LogP) is 4.00. The molecule has 106 valence electrons. The number of nitrogens with zero attached hydrogens (tertiary/aromatic N) is 1. The Labute approximate surface area is 127 Å². The lowest BCUT2D eigenvalue weighted by molar-refractivity contribution is 0.630. The molecule has 1 aliphatic rings. The van der Waals surface area contributed by atoms with Gasteiger partial charge in [0.2, 0.25) is 0 Å². The predicted molar refractivity (Wildman–Crippen MR) is 88.7 cm³/mol. The Morgan fingerprint density at radius 1 is 1.10 bits per heavy atom. The van der Waals surface area contributed by atoms with Gasteiger partial charge in [-0.15, -0.1) is 11.3 Å². The molecule has 21 heavy (non-hydrogen) atoms. The normalized spacial score (nSPS) is 14.8. The third-order valence-corrected chi connectivity index (χ3v) is 5.52. The zero-order valence-electron chi connectivity index (χ0n) is 12.5. The highest BCUT2D eigenvalue weighted by atomic mass is 32.1. The van der Waals surface area contributed by atoms with Crippen LogP contribution in [0.1, 0.15) is 32.3 Å². The van der Waals surface area contributed by atoms with Crippen LogP contribution in [-0.4, -0.2) is 4.98 Å². The fourth-order valence-electron chi connectivity index (χ4n) is 2.92. The highest BCUT2D eigenvalue weighted by Gasteiger charge is 2.15. The number of fused-ring (bicyclic) bond motifs is 2. The molecule has 0 saturated heterocycles. The molecule has 1 aromatic carbocycles. The molecular formula is C18H17NOS. The van der Waals surface area contributed by atoms with Gasteiger partial charge in [0.25, 0.3) is 0 Å². The maximum absolute atomic E-state index is 6.01. The van der Waals surface area contributed by atoms with E-state index in [9.17, 15) is 0 Å². The Morgan fingerprint density at radius 2 is 1.90 bits per heavy atom. The van der Waals surface area contributed by atoms with Crippen LogP contribution in [0, 0.1) is 6.92 Å². The summed E-state index contributed by atoms with van der Waals surface area (Å²) < 4.78 is 7.35. The molecule has 3 heteroatoms. The van der Waals surface area contributed by atoms with Gasteiger partial charge >= 0.3 is 0 Å². The second kappa shape index (κ2) is 4.57. The van der Waals surface area contributed by atoms with Crippen molar-refractivity contribution in [2.24, 2.45) is 0 Å². The van der Waals surface area contributed by atoms with Crippen molar-refractivity contribution < 1.29 is 4.42 Å². The molecule has 2 nitrogen and oxygen atoms in total. The molecule has 3 aromatic rings. The first-order valence-electron chi connectivity index (χ1n) is 7.29. The van der Waals surface area contributed by atoms with E-state index in [0.29, 0.717) is 0 Å². The van der Waals surface area contributed by atoms with E-state index in [4.69, 9.17) is 9.40 Å². The average molecular weight is 295 g/mol. The fourth-order valence-corrected chi connectivity index (χ4v) is 4.05. The Morgan fingerprint density at radius 3 is 2.67 bits per heavy atom. The molecule has 0 bridgehead atoms. The second-order valence-electron chi connectivity index (χ2n) is 5.85. The largest absolute Gasteiger partial charge is 0.454 e. The van der Waals surface area contributed by atoms with Crippen LogP contribution < -0.4 is 9.88 Å². The van der Waals surface area contributed by atoms with Crippen molar-refractivity contribution in [1.29, 1.82) is 0 Å². The van der Waals surface area contributed by atoms with Crippen molar-refractivity contribution in [2.75, 3.05) is 0 Å². The van der Waals surface area contributed by atoms with Gasteiger partial charge in [0, 0.05) is 5.39 Å². The third kappa shape index (κ3) is 1.95. The van der Waals surface area contributed by atoms with E-state index < -0.39 is 0 Å². The van der Waals surface area contributed by atoms with E-state index in [1.165, 1.54) is 32.0 Å². The Hall–Kier alpha value is -1.87. The van der Waals surface area contributed by atoms with Crippen molar-refractivity contribution >= 4 is 33.5 Å². The van der Waals surface area contributed by atoms with Crippen LogP contribution in [0.15, 0.2) is 28.7 Å². The van der Waals surface area contributed by atoms with Gasteiger partial charge in [-0.3, -0.25) is 0 Å². The van der Waals surface area contributed by atoms with Crippen molar-refractivity contribution in [1.82, 2.24) is 4.98 Å². The van der Waals surface area contributed by atoms with Gasteiger partial charge in [-0.2, -0.15) is 0 Å². The number of hydrogen-bond acceptors (Lipinski definition) is 3. The molecule has 2 aromatic heterocycles. The number of thiazole rings is 1. The van der Waals surface area contributed by atoms with E-state index in [1.807, 2.05) is 12.1 Å². The Balaban J connectivity index is 1.99. The zero-order valence-corrected chi connectivity index (χ0v) is 13.3. The number of furan rings is 1. The molecule has 0 spiro atoms. The summed E-state index contributed by atoms with van der Waals surface area (Å²) in [6.45, 7) is 6.53. The smallest absolute Gasteiger partial charge is 0.164 e. The lowest BCUT2D eigenvalue weighted by Gasteiger charge is -2.05. The van der Waals surface area contributed by atoms with Crippen LogP contribution in [0.5, 0.6) is 0 Å². The lowest BCUT2D eigenvalue weighted by atomic mass is 10.0. The molecule has 0 amide bonds. The quantitative estimate of drug-likeness (QED) is 0.678. The molecule has 0 atom stereocenters. The van der Waals surface area contributed by atoms with Crippen molar-refractivity contribution in [3.63, 3.8) is 0 Å². The highest BCUT2D eigenvalue weighted by Crippen LogP contribution is 2.30. The molecular weight excluding hydrogens is 278 g/mol. The molecule has 0 saturated carbocycles. The number of benzene rings is 1. The first kappa shape index (κ1) is 12.8. The SMILES string of the molecule is CC1=c2nc(-c3cc4c(C)cccc4o3)sc2=C(C)CC1. The molecule has 0 aliphatic heterocycles. The molecule has 0 N–H and O–H groups in total. The second-order valence-corrected chi connectivity index (χ2v) is 6.85. The van der Waals surface area contributed by atoms with Gasteiger partial charge in [0.1, 0.15) is 5.58 Å². The maximum Gasteiger partial charge on any atom is 0.164 e. The number of aromatic nitrogens is 1. The molecule has 0 radical (unpaired) electrons. The third-order valence-electron chi connectivity index (χ3n) is 4.28. The number of aryl methyl sites for hydroxylation is 1. The van der Waals surface area contributed by atoms with E-state index in [0.717, 1.165) is 29.2 Å². The minimum absolute atomic E-state index is 0.888. The zero-order chi connectivity index (χ0) is 14.6. The molecule has 4 rings (SSSR count). The molecule has 0 fully saturated rings. The van der Waals surface area contributed by atoms with Crippen LogP contribution >= 0.6 is 11.3 Å². The van der Waals surface area contributed by atoms with Crippen molar-refractivity contribution in [3.8, 4) is 10.8 Å². The summed E-state index contributed by atoms with van der Waals surface area (Å²) in [7, 11) is 0. The summed E-state index contributed by atoms with van der Waals surface area (Å²) in [4.78, 5) is 4.84. The lowest BCUT2D eigenvalue weighted by Crippen LogP contribution is -2.28. The summed E-state index contributed by atoms with van der Waals surface area (Å²) in [5.74, 6) is 0.888. The summed E-state index contributed by atoms with van der Waals surface area (Å²) in [5.41, 5.74) is 5.03. The van der Waals surface area contributed by atoms with Crippen molar-refractivity contribution in [2.45, 2.75) is 33.6 Å². The fraction of sp³-hybridized carbons (Fsp3) is 0.278. The Bertz CT molecular complexity index is 935. The first-order chi connectivity index (χ1) is 10.1. The minimum Gasteiger partial charge on any atom is -0.454 e. The standard InChI is InChI=1S/C18H17NOS/c1-10-5-4-6-14-13(10)9-15(20-14)18-19-16-11(2)7-8-12(3)17(16)21-18/h4-6,9H,7-8H2,1-3H3. The van der Waals surface area contributed by atoms with Gasteiger partial charge in [-0.05, 0) is 56.9 Å². The van der Waals surface area contributed by atoms with E-state index in [-0.39, 0.29) is 0 Å². The van der Waals surface area contributed by atoms with E-state index in [1.54, 1.807) is 11.3 Å². The van der Waals surface area contributed by atoms with Crippen LogP contribution in [0.2, 0.25) is 0 Å². The summed E-state index contributed by atoms with van der Waals surface area (Å²) in [6.07, 6.45) is 2.28. The van der Waals surface area contributed by atoms with Crippen LogP contribution in [0.25, 0.3) is 32.9 Å². The minimum atomic E-state index is 0.888. The number of rotatable bonds is 1. The topological polar surface area (TPSA) is 26.0 Å². The molecule has 1 aliphatic carbocycles. The Kier molecular flexibility index (Phi) is 2.79. The first-order valence-corrected chi connectivity index (χ1v) is 8.11. The summed E-state index contributed by atoms with van der Waals surface area (Å²) in [6, 6.07) is 8.30. The van der Waals surface area contributed by atoms with E-state index in [2.05, 4.69) is 32.9 Å². The van der Waals surface area contributed by atoms with Crippen molar-refractivity contribution in [3.05, 3.63) is 39.7 Å². The van der Waals surface area contributed by atoms with Gasteiger partial charge in [0.05, 0.1) is 9.88 Å². The van der Waals surface area contributed by atoms with Gasteiger partial charge in [-0.25, -0.2) is 4.98 Å². The van der Waals surface area contributed by atoms with Crippen LogP contribution in [0.4, 0.5) is 0 Å². The van der Waals surface area contributed by atoms with Gasteiger partial charge in [0.15, 0.2) is 10.8 Å². The van der Waals surface area contributed by atoms with E-state index >= 15 is 0 Å². The summed E-state index contributed by atoms with van der Waals surface area (Å²) in [5, 5.41) is 3.36. The maximum atomic E-state index is 6.01. The van der Waals surface area contributed by atoms with Crippen LogP contribution in [0.3, 0.4) is 0 Å². The highest BCUT2D eigenvalue weighted by molar-refractivity contribution is 7.13. The monoisotopic (exact) mass is 295 g/mol. The average Bonchev–Trinajstić information content (AvgIpc) is 3.08.